The van der Waals surface area contributed by atoms with Crippen molar-refractivity contribution in [1.82, 2.24) is 30.3 Å². The summed E-state index contributed by atoms with van der Waals surface area (Å²) < 4.78 is 0. The van der Waals surface area contributed by atoms with Crippen LogP contribution in [0.1, 0.15) is 70.2 Å². The van der Waals surface area contributed by atoms with E-state index in [1.165, 1.54) is 7.05 Å². The molecular formula is C48H63N7O6. The molecular weight excluding hydrogens is 771 g/mol. The number of para-hydroxylation sites is 1. The van der Waals surface area contributed by atoms with Gasteiger partial charge in [0.1, 0.15) is 12.1 Å². The molecule has 5 rings (SSSR count). The van der Waals surface area contributed by atoms with Gasteiger partial charge in [-0.3, -0.25) is 19.5 Å². The number of hydrogen-bond donors (Lipinski definition) is 5. The van der Waals surface area contributed by atoms with E-state index in [0.29, 0.717) is 31.7 Å². The van der Waals surface area contributed by atoms with Crippen molar-refractivity contribution in [3.8, 4) is 11.3 Å². The summed E-state index contributed by atoms with van der Waals surface area (Å²) >= 11 is 0. The number of carboxylic acid groups (broad SMARTS) is 1. The molecule has 0 bridgehead atoms. The van der Waals surface area contributed by atoms with E-state index in [-0.39, 0.29) is 18.9 Å². The Morgan fingerprint density at radius 3 is 2.08 bits per heavy atom. The van der Waals surface area contributed by atoms with Crippen LogP contribution in [0.15, 0.2) is 97.2 Å². The summed E-state index contributed by atoms with van der Waals surface area (Å²) in [6.07, 6.45) is -0.0979. The van der Waals surface area contributed by atoms with E-state index in [2.05, 4.69) is 15.6 Å². The van der Waals surface area contributed by atoms with E-state index in [1.807, 2.05) is 119 Å². The standard InChI is InChI=1S/C48H63N7O6/c1-31-15-14-18-35(40(31)49)30-54-25-26-55(45(54)59)42(48(5,6)7)44(58)52-38(28-32-16-10-9-11-17-32)39(56)29-36(51-43(57)41(47(2,3)4)53(8)46(60)61)27-33-20-22-34(23-21-33)37-19-12-13-24-50-37/h9-24,36,38-39,41-42,56H,25-30,49H2,1-8H3,(H,51,57)(H,52,58)(H,60,61)/t36-,38-,39-,41+,42+/m0/s1. The van der Waals surface area contributed by atoms with Crippen LogP contribution in [0.25, 0.3) is 11.3 Å². The van der Waals surface area contributed by atoms with E-state index in [0.717, 1.165) is 38.4 Å². The van der Waals surface area contributed by atoms with Gasteiger partial charge in [0.15, 0.2) is 0 Å². The molecule has 5 atom stereocenters. The number of rotatable bonds is 16. The predicted octanol–water partition coefficient (Wildman–Crippen LogP) is 6.52. The van der Waals surface area contributed by atoms with Crippen LogP contribution in [0.3, 0.4) is 0 Å². The average molecular weight is 834 g/mol. The minimum absolute atomic E-state index is 0.0215. The Labute approximate surface area is 360 Å². The maximum absolute atomic E-state index is 14.6. The summed E-state index contributed by atoms with van der Waals surface area (Å²) in [4.78, 5) is 63.7. The molecule has 1 fully saturated rings. The second kappa shape index (κ2) is 19.6. The SMILES string of the molecule is Cc1cccc(CN2CCN([C@H](C(=O)N[C@@H](Cc3ccccc3)[C@@H](O)C[C@H](Cc3ccc(-c4ccccn4)cc3)NC(=O)[C@@H](N(C)C(=O)O)C(C)(C)C)C(C)(C)C)C2=O)c1N. The fraction of sp³-hybridized carbons (Fsp3) is 0.438. The number of carbonyl (C=O) groups excluding carboxylic acids is 3. The lowest BCUT2D eigenvalue weighted by Crippen LogP contribution is -2.59. The number of nitrogens with zero attached hydrogens (tertiary/aromatic N) is 4. The molecule has 1 aliphatic heterocycles. The highest BCUT2D eigenvalue weighted by molar-refractivity contribution is 5.89. The molecule has 6 N–H and O–H groups in total. The van der Waals surface area contributed by atoms with Gasteiger partial charge in [0.2, 0.25) is 11.8 Å². The van der Waals surface area contributed by atoms with Gasteiger partial charge in [-0.15, -0.1) is 0 Å². The van der Waals surface area contributed by atoms with Crippen molar-refractivity contribution in [2.75, 3.05) is 25.9 Å². The first-order valence-corrected chi connectivity index (χ1v) is 20.9. The summed E-state index contributed by atoms with van der Waals surface area (Å²) in [5.74, 6) is -0.903. The molecule has 326 valence electrons. The number of nitrogens with two attached hydrogens (primary N) is 1. The summed E-state index contributed by atoms with van der Waals surface area (Å²) in [5.41, 5.74) is 10.8. The Morgan fingerprint density at radius 1 is 0.820 bits per heavy atom. The van der Waals surface area contributed by atoms with Gasteiger partial charge < -0.3 is 36.4 Å². The molecule has 4 aromatic rings. The minimum Gasteiger partial charge on any atom is -0.465 e. The Kier molecular flexibility index (Phi) is 14.8. The zero-order valence-corrected chi connectivity index (χ0v) is 36.8. The summed E-state index contributed by atoms with van der Waals surface area (Å²) in [6.45, 7) is 14.1. The quantitative estimate of drug-likeness (QED) is 0.0792. The lowest BCUT2D eigenvalue weighted by Gasteiger charge is -2.38. The van der Waals surface area contributed by atoms with Gasteiger partial charge in [-0.05, 0) is 71.4 Å². The second-order valence-corrected chi connectivity index (χ2v) is 18.4. The number of nitrogen functional groups attached to an aromatic ring is 1. The molecule has 1 aliphatic rings. The molecule has 0 spiro atoms. The number of urea groups is 1. The van der Waals surface area contributed by atoms with Crippen molar-refractivity contribution in [2.45, 2.75) is 105 Å². The van der Waals surface area contributed by atoms with E-state index < -0.39 is 59.0 Å². The first-order chi connectivity index (χ1) is 28.7. The van der Waals surface area contributed by atoms with Crippen molar-refractivity contribution in [2.24, 2.45) is 10.8 Å². The highest BCUT2D eigenvalue weighted by Gasteiger charge is 2.45. The molecule has 0 unspecified atom stereocenters. The molecule has 1 aromatic heterocycles. The van der Waals surface area contributed by atoms with Gasteiger partial charge in [-0.2, -0.15) is 0 Å². The van der Waals surface area contributed by atoms with Crippen LogP contribution in [-0.2, 0) is 29.0 Å². The van der Waals surface area contributed by atoms with Crippen LogP contribution >= 0.6 is 0 Å². The van der Waals surface area contributed by atoms with Gasteiger partial charge >= 0.3 is 12.1 Å². The first-order valence-electron chi connectivity index (χ1n) is 20.9. The fourth-order valence-electron chi connectivity index (χ4n) is 8.31. The first kappa shape index (κ1) is 46.1. The molecule has 0 saturated carbocycles. The molecule has 5 amide bonds. The van der Waals surface area contributed by atoms with Gasteiger partial charge in [0.05, 0.1) is 17.8 Å². The Morgan fingerprint density at radius 2 is 1.48 bits per heavy atom. The third-order valence-electron chi connectivity index (χ3n) is 11.4. The van der Waals surface area contributed by atoms with Crippen LogP contribution < -0.4 is 16.4 Å². The van der Waals surface area contributed by atoms with E-state index >= 15 is 0 Å². The maximum Gasteiger partial charge on any atom is 0.407 e. The summed E-state index contributed by atoms with van der Waals surface area (Å²) in [5, 5.41) is 28.4. The Hall–Kier alpha value is -5.95. The third-order valence-corrected chi connectivity index (χ3v) is 11.4. The molecule has 1 saturated heterocycles. The van der Waals surface area contributed by atoms with Crippen molar-refractivity contribution < 1.29 is 29.4 Å². The van der Waals surface area contributed by atoms with Gasteiger partial charge in [0.25, 0.3) is 0 Å². The minimum atomic E-state index is -1.24. The highest BCUT2D eigenvalue weighted by atomic mass is 16.4. The number of hydrogen-bond acceptors (Lipinski definition) is 7. The number of likely N-dealkylation sites (N-methyl/N-ethyl adjacent to an activating group) is 1. The number of benzene rings is 3. The van der Waals surface area contributed by atoms with Crippen LogP contribution in [0, 0.1) is 17.8 Å². The van der Waals surface area contributed by atoms with Gasteiger partial charge in [0, 0.05) is 50.2 Å². The number of pyridine rings is 1. The fourth-order valence-corrected chi connectivity index (χ4v) is 8.31. The largest absolute Gasteiger partial charge is 0.465 e. The van der Waals surface area contributed by atoms with Crippen LogP contribution in [0.5, 0.6) is 0 Å². The smallest absolute Gasteiger partial charge is 0.407 e. The normalized spacial score (nSPS) is 15.7. The van der Waals surface area contributed by atoms with Crippen molar-refractivity contribution in [3.05, 3.63) is 119 Å². The number of aliphatic hydroxyl groups excluding tert-OH is 1. The second-order valence-electron chi connectivity index (χ2n) is 18.4. The Bertz CT molecular complexity index is 2120. The zero-order chi connectivity index (χ0) is 44.6. The number of carbonyl (C=O) groups is 4. The van der Waals surface area contributed by atoms with Crippen LogP contribution in [0.2, 0.25) is 0 Å². The monoisotopic (exact) mass is 833 g/mol. The molecule has 3 aromatic carbocycles. The number of aryl methyl sites for hydroxylation is 1. The lowest BCUT2D eigenvalue weighted by atomic mass is 9.84. The lowest BCUT2D eigenvalue weighted by molar-refractivity contribution is -0.131. The predicted molar refractivity (Wildman–Crippen MR) is 238 cm³/mol. The van der Waals surface area contributed by atoms with E-state index in [9.17, 15) is 29.4 Å². The van der Waals surface area contributed by atoms with Crippen LogP contribution in [-0.4, -0.2) is 104 Å². The molecule has 13 heteroatoms. The van der Waals surface area contributed by atoms with Crippen molar-refractivity contribution in [1.29, 1.82) is 0 Å². The maximum atomic E-state index is 14.6. The Balaban J connectivity index is 1.43. The summed E-state index contributed by atoms with van der Waals surface area (Å²) in [6, 6.07) is 25.0. The van der Waals surface area contributed by atoms with Gasteiger partial charge in [-0.1, -0.05) is 120 Å². The van der Waals surface area contributed by atoms with Crippen molar-refractivity contribution in [3.63, 3.8) is 0 Å². The summed E-state index contributed by atoms with van der Waals surface area (Å²) in [7, 11) is 1.37. The van der Waals surface area contributed by atoms with Crippen molar-refractivity contribution >= 4 is 29.6 Å². The average Bonchev–Trinajstić information content (AvgIpc) is 3.54. The molecule has 13 nitrogen and oxygen atoms in total. The number of aliphatic hydroxyl groups is 1. The number of anilines is 1. The number of aromatic nitrogens is 1. The van der Waals surface area contributed by atoms with Crippen LogP contribution in [0.4, 0.5) is 15.3 Å². The third kappa shape index (κ3) is 11.9. The zero-order valence-electron chi connectivity index (χ0n) is 36.8. The molecule has 0 aliphatic carbocycles. The van der Waals surface area contributed by atoms with Gasteiger partial charge in [-0.25, -0.2) is 9.59 Å². The highest BCUT2D eigenvalue weighted by Crippen LogP contribution is 2.31. The molecule has 0 radical (unpaired) electrons. The molecule has 61 heavy (non-hydrogen) atoms. The topological polar surface area (TPSA) is 181 Å². The van der Waals surface area contributed by atoms with E-state index in [1.54, 1.807) is 36.8 Å². The number of nitrogens with one attached hydrogen (secondary N) is 2. The molecule has 2 heterocycles. The number of amides is 5. The van der Waals surface area contributed by atoms with E-state index in [4.69, 9.17) is 5.73 Å².